The molecule has 1 unspecified atom stereocenters. The van der Waals surface area contributed by atoms with Gasteiger partial charge in [-0.1, -0.05) is 6.07 Å². The van der Waals surface area contributed by atoms with Gasteiger partial charge in [0.15, 0.2) is 12.0 Å². The molecule has 2 aromatic carbocycles. The summed E-state index contributed by atoms with van der Waals surface area (Å²) in [5.41, 5.74) is -0.521. The van der Waals surface area contributed by atoms with Crippen LogP contribution in [0.5, 0.6) is 28.7 Å². The van der Waals surface area contributed by atoms with Crippen molar-refractivity contribution < 1.29 is 28.6 Å². The molecule has 9 nitrogen and oxygen atoms in total. The second-order valence-corrected chi connectivity index (χ2v) is 6.43. The highest BCUT2D eigenvalue weighted by Gasteiger charge is 2.33. The van der Waals surface area contributed by atoms with E-state index in [0.29, 0.717) is 24.5 Å². The number of hydrogen-bond donors (Lipinski definition) is 0. The van der Waals surface area contributed by atoms with Gasteiger partial charge in [0, 0.05) is 18.6 Å². The Morgan fingerprint density at radius 1 is 1.27 bits per heavy atom. The number of nitro benzene ring substituents is 1. The first-order chi connectivity index (χ1) is 14.6. The molecule has 0 bridgehead atoms. The average Bonchev–Trinajstić information content (AvgIpc) is 2.76. The highest BCUT2D eigenvalue weighted by molar-refractivity contribution is 5.70. The molecular weight excluding hydrogens is 392 g/mol. The molecule has 30 heavy (non-hydrogen) atoms. The Morgan fingerprint density at radius 3 is 2.70 bits per heavy atom. The van der Waals surface area contributed by atoms with E-state index in [1.165, 1.54) is 13.2 Å². The first-order valence-electron chi connectivity index (χ1n) is 9.55. The Balaban J connectivity index is 2.12. The molecule has 0 aliphatic carbocycles. The summed E-state index contributed by atoms with van der Waals surface area (Å²) >= 11 is 0. The number of nitriles is 1. The molecule has 3 rings (SSSR count). The van der Waals surface area contributed by atoms with Crippen LogP contribution in [0.3, 0.4) is 0 Å². The minimum absolute atomic E-state index is 0.0303. The monoisotopic (exact) mass is 414 g/mol. The fraction of sp³-hybridized carbons (Fsp3) is 0.381. The van der Waals surface area contributed by atoms with Crippen molar-refractivity contribution in [3.05, 3.63) is 46.0 Å². The molecule has 1 saturated heterocycles. The number of ether oxygens (including phenoxy) is 5. The molecule has 0 amide bonds. The quantitative estimate of drug-likeness (QED) is 0.456. The van der Waals surface area contributed by atoms with Gasteiger partial charge in [0.25, 0.3) is 5.75 Å². The summed E-state index contributed by atoms with van der Waals surface area (Å²) in [6.07, 6.45) is 1.65. The largest absolute Gasteiger partial charge is 0.497 e. The molecular formula is C21H22N2O7. The van der Waals surface area contributed by atoms with Crippen molar-refractivity contribution in [1.82, 2.24) is 0 Å². The molecule has 1 aliphatic rings. The summed E-state index contributed by atoms with van der Waals surface area (Å²) in [5, 5.41) is 21.6. The van der Waals surface area contributed by atoms with E-state index in [0.717, 1.165) is 12.8 Å². The SMILES string of the molecule is CCOc1cc(C#N)c(OC2CCCCO2)c([N+](=O)[O-])c1Oc1cccc(OC)c1. The Labute approximate surface area is 173 Å². The van der Waals surface area contributed by atoms with Crippen LogP contribution in [0.1, 0.15) is 31.7 Å². The molecule has 1 heterocycles. The zero-order valence-corrected chi connectivity index (χ0v) is 16.8. The van der Waals surface area contributed by atoms with Crippen LogP contribution in [0.2, 0.25) is 0 Å². The molecule has 1 fully saturated rings. The third-order valence-electron chi connectivity index (χ3n) is 4.43. The maximum Gasteiger partial charge on any atom is 0.358 e. The summed E-state index contributed by atoms with van der Waals surface area (Å²) in [6, 6.07) is 9.96. The van der Waals surface area contributed by atoms with Crippen molar-refractivity contribution in [3.8, 4) is 34.8 Å². The van der Waals surface area contributed by atoms with Gasteiger partial charge >= 0.3 is 5.69 Å². The van der Waals surface area contributed by atoms with Crippen LogP contribution in [0.15, 0.2) is 30.3 Å². The first-order valence-corrected chi connectivity index (χ1v) is 9.55. The number of rotatable bonds is 8. The maximum atomic E-state index is 12.0. The normalized spacial score (nSPS) is 15.7. The lowest BCUT2D eigenvalue weighted by molar-refractivity contribution is -0.387. The van der Waals surface area contributed by atoms with E-state index in [1.54, 1.807) is 31.2 Å². The minimum atomic E-state index is -0.674. The number of hydrogen-bond acceptors (Lipinski definition) is 8. The van der Waals surface area contributed by atoms with Crippen molar-refractivity contribution in [1.29, 1.82) is 5.26 Å². The highest BCUT2D eigenvalue weighted by atomic mass is 16.7. The predicted molar refractivity (Wildman–Crippen MR) is 106 cm³/mol. The molecule has 0 saturated carbocycles. The average molecular weight is 414 g/mol. The van der Waals surface area contributed by atoms with Gasteiger partial charge in [0.1, 0.15) is 23.1 Å². The fourth-order valence-electron chi connectivity index (χ4n) is 3.06. The maximum absolute atomic E-state index is 12.0. The molecule has 0 spiro atoms. The summed E-state index contributed by atoms with van der Waals surface area (Å²) in [7, 11) is 1.50. The first kappa shape index (κ1) is 21.2. The minimum Gasteiger partial charge on any atom is -0.497 e. The molecule has 9 heteroatoms. The van der Waals surface area contributed by atoms with Gasteiger partial charge in [-0.3, -0.25) is 10.1 Å². The highest BCUT2D eigenvalue weighted by Crippen LogP contribution is 2.49. The summed E-state index contributed by atoms with van der Waals surface area (Å²) in [5.74, 6) is 0.549. The lowest BCUT2D eigenvalue weighted by Crippen LogP contribution is -2.25. The predicted octanol–water partition coefficient (Wildman–Crippen LogP) is 4.57. The van der Waals surface area contributed by atoms with Crippen molar-refractivity contribution in [2.24, 2.45) is 0 Å². The van der Waals surface area contributed by atoms with Crippen LogP contribution in [-0.4, -0.2) is 31.5 Å². The number of nitrogens with zero attached hydrogens (tertiary/aromatic N) is 2. The van der Waals surface area contributed by atoms with Gasteiger partial charge in [0.05, 0.1) is 25.2 Å². The molecule has 0 N–H and O–H groups in total. The second kappa shape index (κ2) is 9.80. The molecule has 1 aliphatic heterocycles. The fourth-order valence-corrected chi connectivity index (χ4v) is 3.06. The van der Waals surface area contributed by atoms with E-state index in [-0.39, 0.29) is 29.4 Å². The van der Waals surface area contributed by atoms with E-state index in [1.807, 2.05) is 6.07 Å². The van der Waals surface area contributed by atoms with Gasteiger partial charge in [-0.05, 0) is 31.9 Å². The second-order valence-electron chi connectivity index (χ2n) is 6.43. The van der Waals surface area contributed by atoms with Crippen LogP contribution >= 0.6 is 0 Å². The Kier molecular flexibility index (Phi) is 6.93. The Hall–Kier alpha value is -3.51. The Morgan fingerprint density at radius 2 is 2.07 bits per heavy atom. The standard InChI is InChI=1S/C21H22N2O7/c1-3-27-17-11-14(13-22)20(30-18-9-4-5-10-28-18)19(23(24)25)21(17)29-16-8-6-7-15(12-16)26-2/h6-8,11-12,18H,3-5,9-10H2,1-2H3. The van der Waals surface area contributed by atoms with Crippen LogP contribution in [0.25, 0.3) is 0 Å². The van der Waals surface area contributed by atoms with Crippen LogP contribution in [0, 0.1) is 21.4 Å². The lowest BCUT2D eigenvalue weighted by Gasteiger charge is -2.24. The van der Waals surface area contributed by atoms with Gasteiger partial charge < -0.3 is 23.7 Å². The molecule has 2 aromatic rings. The third kappa shape index (κ3) is 4.72. The molecule has 0 aromatic heterocycles. The van der Waals surface area contributed by atoms with Gasteiger partial charge in [-0.15, -0.1) is 0 Å². The zero-order valence-electron chi connectivity index (χ0n) is 16.8. The third-order valence-corrected chi connectivity index (χ3v) is 4.43. The number of benzene rings is 2. The zero-order chi connectivity index (χ0) is 21.5. The summed E-state index contributed by atoms with van der Waals surface area (Å²) in [4.78, 5) is 11.4. The number of methoxy groups -OCH3 is 1. The topological polar surface area (TPSA) is 113 Å². The van der Waals surface area contributed by atoms with Gasteiger partial charge in [0.2, 0.25) is 5.75 Å². The van der Waals surface area contributed by atoms with E-state index < -0.39 is 16.9 Å². The van der Waals surface area contributed by atoms with Crippen molar-refractivity contribution in [3.63, 3.8) is 0 Å². The lowest BCUT2D eigenvalue weighted by atomic mass is 10.1. The number of nitro groups is 1. The van der Waals surface area contributed by atoms with Gasteiger partial charge in [-0.25, -0.2) is 0 Å². The summed E-state index contributed by atoms with van der Waals surface area (Å²) < 4.78 is 27.9. The van der Waals surface area contributed by atoms with E-state index in [9.17, 15) is 15.4 Å². The van der Waals surface area contributed by atoms with Gasteiger partial charge in [-0.2, -0.15) is 5.26 Å². The van der Waals surface area contributed by atoms with Crippen LogP contribution in [-0.2, 0) is 4.74 Å². The van der Waals surface area contributed by atoms with Crippen molar-refractivity contribution >= 4 is 5.69 Å². The van der Waals surface area contributed by atoms with E-state index in [2.05, 4.69) is 0 Å². The Bertz CT molecular complexity index is 949. The summed E-state index contributed by atoms with van der Waals surface area (Å²) in [6.45, 7) is 2.44. The molecule has 1 atom stereocenters. The smallest absolute Gasteiger partial charge is 0.358 e. The molecule has 158 valence electrons. The van der Waals surface area contributed by atoms with Crippen molar-refractivity contribution in [2.45, 2.75) is 32.5 Å². The van der Waals surface area contributed by atoms with Crippen LogP contribution < -0.4 is 18.9 Å². The van der Waals surface area contributed by atoms with E-state index >= 15 is 0 Å². The van der Waals surface area contributed by atoms with Crippen LogP contribution in [0.4, 0.5) is 5.69 Å². The molecule has 0 radical (unpaired) electrons. The van der Waals surface area contributed by atoms with Crippen molar-refractivity contribution in [2.75, 3.05) is 20.3 Å². The van der Waals surface area contributed by atoms with E-state index in [4.69, 9.17) is 23.7 Å².